The highest BCUT2D eigenvalue weighted by atomic mass is 79.9. The Bertz CT molecular complexity index is 580. The molecule has 1 heterocycles. The number of hydrogen-bond donors (Lipinski definition) is 0. The number of ketones is 1. The van der Waals surface area contributed by atoms with Gasteiger partial charge in [0.15, 0.2) is 0 Å². The van der Waals surface area contributed by atoms with Crippen LogP contribution < -0.4 is 0 Å². The molecule has 0 N–H and O–H groups in total. The summed E-state index contributed by atoms with van der Waals surface area (Å²) in [5.41, 5.74) is 1.12. The normalized spacial score (nSPS) is 10.6. The van der Waals surface area contributed by atoms with Gasteiger partial charge in [-0.1, -0.05) is 28.1 Å². The number of nitrogens with zero attached hydrogens (tertiary/aromatic N) is 3. The van der Waals surface area contributed by atoms with Gasteiger partial charge in [0.25, 0.3) is 0 Å². The van der Waals surface area contributed by atoms with E-state index >= 15 is 0 Å². The van der Waals surface area contributed by atoms with Crippen LogP contribution >= 0.6 is 31.9 Å². The van der Waals surface area contributed by atoms with Crippen molar-refractivity contribution in [2.24, 2.45) is 0 Å². The first-order valence-electron chi connectivity index (χ1n) is 5.51. The van der Waals surface area contributed by atoms with Gasteiger partial charge < -0.3 is 0 Å². The molecule has 18 heavy (non-hydrogen) atoms. The van der Waals surface area contributed by atoms with Gasteiger partial charge in [0, 0.05) is 21.1 Å². The lowest BCUT2D eigenvalue weighted by Crippen LogP contribution is -2.12. The molecule has 1 aromatic heterocycles. The van der Waals surface area contributed by atoms with E-state index in [9.17, 15) is 4.79 Å². The van der Waals surface area contributed by atoms with Crippen LogP contribution in [0.4, 0.5) is 0 Å². The van der Waals surface area contributed by atoms with E-state index in [2.05, 4.69) is 42.2 Å². The van der Waals surface area contributed by atoms with Crippen molar-refractivity contribution in [3.63, 3.8) is 0 Å². The first-order valence-corrected chi connectivity index (χ1v) is 7.10. The fourth-order valence-electron chi connectivity index (χ4n) is 1.62. The number of halogens is 2. The van der Waals surface area contributed by atoms with E-state index in [1.165, 1.54) is 6.20 Å². The maximum absolute atomic E-state index is 12.4. The minimum Gasteiger partial charge on any atom is -0.287 e. The van der Waals surface area contributed by atoms with Gasteiger partial charge in [-0.25, -0.2) is 4.68 Å². The maximum Gasteiger partial charge on any atom is 0.213 e. The third-order valence-corrected chi connectivity index (χ3v) is 3.61. The van der Waals surface area contributed by atoms with E-state index < -0.39 is 0 Å². The van der Waals surface area contributed by atoms with Crippen molar-refractivity contribution in [3.05, 3.63) is 44.6 Å². The lowest BCUT2D eigenvalue weighted by atomic mass is 10.1. The average molecular weight is 373 g/mol. The highest BCUT2D eigenvalue weighted by molar-refractivity contribution is 9.11. The Morgan fingerprint density at radius 2 is 2.17 bits per heavy atom. The molecule has 4 nitrogen and oxygen atoms in total. The average Bonchev–Trinajstić information content (AvgIpc) is 2.77. The summed E-state index contributed by atoms with van der Waals surface area (Å²) in [7, 11) is 0. The highest BCUT2D eigenvalue weighted by Gasteiger charge is 2.17. The summed E-state index contributed by atoms with van der Waals surface area (Å²) in [6, 6.07) is 5.47. The predicted molar refractivity (Wildman–Crippen MR) is 75.6 cm³/mol. The molecular formula is C12H11Br2N3O. The zero-order chi connectivity index (χ0) is 13.1. The molecule has 1 aromatic carbocycles. The van der Waals surface area contributed by atoms with Crippen LogP contribution in [0.25, 0.3) is 0 Å². The molecule has 0 atom stereocenters. The molecule has 6 heteroatoms. The number of carbonyl (C=O) groups excluding carboxylic acids is 1. The fourth-order valence-corrected chi connectivity index (χ4v) is 2.85. The van der Waals surface area contributed by atoms with Crippen molar-refractivity contribution in [1.82, 2.24) is 15.0 Å². The topological polar surface area (TPSA) is 47.8 Å². The monoisotopic (exact) mass is 371 g/mol. The number of benzene rings is 1. The smallest absolute Gasteiger partial charge is 0.213 e. The Kier molecular flexibility index (Phi) is 4.29. The van der Waals surface area contributed by atoms with Crippen LogP contribution in [0.15, 0.2) is 33.3 Å². The second kappa shape index (κ2) is 5.75. The fraction of sp³-hybridized carbons (Fsp3) is 0.250. The van der Waals surface area contributed by atoms with E-state index in [-0.39, 0.29) is 5.78 Å². The number of carbonyl (C=O) groups is 1. The van der Waals surface area contributed by atoms with Crippen molar-refractivity contribution >= 4 is 37.6 Å². The van der Waals surface area contributed by atoms with Gasteiger partial charge in [-0.3, -0.25) is 4.79 Å². The number of hydrogen-bond acceptors (Lipinski definition) is 3. The van der Waals surface area contributed by atoms with Crippen LogP contribution in [0.5, 0.6) is 0 Å². The third kappa shape index (κ3) is 2.70. The Balaban J connectivity index is 2.38. The van der Waals surface area contributed by atoms with E-state index in [1.54, 1.807) is 10.7 Å². The summed E-state index contributed by atoms with van der Waals surface area (Å²) in [6.07, 6.45) is 2.41. The highest BCUT2D eigenvalue weighted by Crippen LogP contribution is 2.24. The first-order chi connectivity index (χ1) is 8.63. The maximum atomic E-state index is 12.4. The zero-order valence-corrected chi connectivity index (χ0v) is 12.9. The van der Waals surface area contributed by atoms with Gasteiger partial charge >= 0.3 is 0 Å². The Morgan fingerprint density at radius 3 is 2.83 bits per heavy atom. The largest absolute Gasteiger partial charge is 0.287 e. The van der Waals surface area contributed by atoms with E-state index in [4.69, 9.17) is 0 Å². The second-order valence-corrected chi connectivity index (χ2v) is 5.57. The van der Waals surface area contributed by atoms with E-state index in [0.717, 1.165) is 15.4 Å². The predicted octanol–water partition coefficient (Wildman–Crippen LogP) is 3.44. The second-order valence-electron chi connectivity index (χ2n) is 3.80. The van der Waals surface area contributed by atoms with Crippen molar-refractivity contribution < 1.29 is 4.79 Å². The Morgan fingerprint density at radius 1 is 1.39 bits per heavy atom. The van der Waals surface area contributed by atoms with Crippen LogP contribution in [0.1, 0.15) is 29.4 Å². The Labute approximate surface area is 122 Å². The molecule has 0 aliphatic heterocycles. The van der Waals surface area contributed by atoms with Gasteiger partial charge in [0.2, 0.25) is 5.78 Å². The van der Waals surface area contributed by atoms with Crippen LogP contribution in [0.3, 0.4) is 0 Å². The first kappa shape index (κ1) is 13.4. The van der Waals surface area contributed by atoms with Gasteiger partial charge in [-0.2, -0.15) is 0 Å². The molecule has 0 aliphatic carbocycles. The lowest BCUT2D eigenvalue weighted by molar-refractivity contribution is 0.102. The van der Waals surface area contributed by atoms with Crippen molar-refractivity contribution in [3.8, 4) is 0 Å². The molecular weight excluding hydrogens is 362 g/mol. The summed E-state index contributed by atoms with van der Waals surface area (Å²) in [5, 5.41) is 7.72. The molecule has 0 aliphatic rings. The molecule has 2 aromatic rings. The molecule has 0 radical (unpaired) electrons. The van der Waals surface area contributed by atoms with Crippen molar-refractivity contribution in [2.45, 2.75) is 19.9 Å². The third-order valence-electron chi connectivity index (χ3n) is 2.46. The molecule has 0 spiro atoms. The molecule has 0 bridgehead atoms. The number of rotatable bonds is 4. The van der Waals surface area contributed by atoms with Gasteiger partial charge in [0.05, 0.1) is 6.20 Å². The quantitative estimate of drug-likeness (QED) is 0.772. The van der Waals surface area contributed by atoms with Crippen molar-refractivity contribution in [1.29, 1.82) is 0 Å². The number of aromatic nitrogens is 3. The van der Waals surface area contributed by atoms with Crippen LogP contribution in [0, 0.1) is 0 Å². The van der Waals surface area contributed by atoms with Crippen LogP contribution in [-0.2, 0) is 6.54 Å². The molecule has 94 valence electrons. The van der Waals surface area contributed by atoms with Crippen molar-refractivity contribution in [2.75, 3.05) is 0 Å². The standard InChI is InChI=1S/C12H11Br2N3O/c1-2-5-17-11(7-15-16-17)12(18)9-4-3-8(13)6-10(9)14/h3-4,6-7H,2,5H2,1H3. The van der Waals surface area contributed by atoms with Gasteiger partial charge in [0.1, 0.15) is 5.69 Å². The Hall–Kier alpha value is -1.01. The zero-order valence-electron chi connectivity index (χ0n) is 9.73. The summed E-state index contributed by atoms with van der Waals surface area (Å²) in [5.74, 6) is -0.0761. The molecule has 0 amide bonds. The summed E-state index contributed by atoms with van der Waals surface area (Å²) in [6.45, 7) is 2.72. The minimum absolute atomic E-state index is 0.0761. The SMILES string of the molecule is CCCn1nncc1C(=O)c1ccc(Br)cc1Br. The summed E-state index contributed by atoms with van der Waals surface area (Å²) < 4.78 is 3.31. The van der Waals surface area contributed by atoms with Crippen LogP contribution in [0.2, 0.25) is 0 Å². The lowest BCUT2D eigenvalue weighted by Gasteiger charge is -2.06. The number of aryl methyl sites for hydroxylation is 1. The van der Waals surface area contributed by atoms with E-state index in [0.29, 0.717) is 17.8 Å². The molecule has 0 fully saturated rings. The van der Waals surface area contributed by atoms with Gasteiger partial charge in [-0.05, 0) is 40.5 Å². The minimum atomic E-state index is -0.0761. The molecule has 0 saturated carbocycles. The summed E-state index contributed by atoms with van der Waals surface area (Å²) >= 11 is 6.76. The molecule has 0 unspecified atom stereocenters. The van der Waals surface area contributed by atoms with Gasteiger partial charge in [-0.15, -0.1) is 5.10 Å². The summed E-state index contributed by atoms with van der Waals surface area (Å²) in [4.78, 5) is 12.4. The molecule has 0 saturated heterocycles. The van der Waals surface area contributed by atoms with E-state index in [1.807, 2.05) is 19.1 Å². The molecule has 2 rings (SSSR count). The van der Waals surface area contributed by atoms with Crippen LogP contribution in [-0.4, -0.2) is 20.8 Å².